The number of thiophene rings is 1. The van der Waals surface area contributed by atoms with E-state index in [-0.39, 0.29) is 17.7 Å². The predicted molar refractivity (Wildman–Crippen MR) is 83.0 cm³/mol. The van der Waals surface area contributed by atoms with Crippen molar-refractivity contribution in [3.8, 4) is 0 Å². The summed E-state index contributed by atoms with van der Waals surface area (Å²) in [6, 6.07) is 4.24. The Kier molecular flexibility index (Phi) is 4.55. The van der Waals surface area contributed by atoms with Crippen LogP contribution in [0.4, 0.5) is 0 Å². The van der Waals surface area contributed by atoms with Gasteiger partial charge in [0.1, 0.15) is 0 Å². The molecule has 1 fully saturated rings. The molecule has 1 saturated carbocycles. The first-order chi connectivity index (χ1) is 9.35. The van der Waals surface area contributed by atoms with Crippen molar-refractivity contribution in [2.75, 3.05) is 6.54 Å². The minimum absolute atomic E-state index is 0.0876. The summed E-state index contributed by atoms with van der Waals surface area (Å²) < 4.78 is 0. The molecule has 20 heavy (non-hydrogen) atoms. The molecule has 0 radical (unpaired) electrons. The van der Waals surface area contributed by atoms with Gasteiger partial charge in [0.05, 0.1) is 5.60 Å². The molecule has 2 rings (SSSR count). The van der Waals surface area contributed by atoms with Crippen molar-refractivity contribution in [3.05, 3.63) is 21.9 Å². The summed E-state index contributed by atoms with van der Waals surface area (Å²) in [6.45, 7) is 8.30. The molecular weight excluding hydrogens is 270 g/mol. The van der Waals surface area contributed by atoms with Gasteiger partial charge in [-0.05, 0) is 38.3 Å². The van der Waals surface area contributed by atoms with Gasteiger partial charge < -0.3 is 10.4 Å². The third kappa shape index (κ3) is 3.41. The summed E-state index contributed by atoms with van der Waals surface area (Å²) in [5.74, 6) is 0.755. The second kappa shape index (κ2) is 5.86. The van der Waals surface area contributed by atoms with E-state index >= 15 is 0 Å². The Hall–Kier alpha value is -0.870. The van der Waals surface area contributed by atoms with Gasteiger partial charge in [0.25, 0.3) is 0 Å². The molecule has 1 amide bonds. The lowest BCUT2D eigenvalue weighted by Gasteiger charge is -2.29. The number of carbonyl (C=O) groups is 1. The summed E-state index contributed by atoms with van der Waals surface area (Å²) >= 11 is 1.78. The molecule has 0 saturated heterocycles. The van der Waals surface area contributed by atoms with E-state index in [2.05, 4.69) is 31.3 Å². The summed E-state index contributed by atoms with van der Waals surface area (Å²) in [5.41, 5.74) is -0.825. The highest BCUT2D eigenvalue weighted by molar-refractivity contribution is 7.12. The van der Waals surface area contributed by atoms with Gasteiger partial charge in [-0.2, -0.15) is 0 Å². The zero-order valence-electron chi connectivity index (χ0n) is 12.8. The lowest BCUT2D eigenvalue weighted by Crippen LogP contribution is -2.45. The first-order valence-corrected chi connectivity index (χ1v) is 8.23. The van der Waals surface area contributed by atoms with Crippen LogP contribution in [0.5, 0.6) is 0 Å². The first-order valence-electron chi connectivity index (χ1n) is 7.41. The molecule has 1 aliphatic rings. The number of nitrogens with one attached hydrogen (secondary N) is 1. The molecule has 2 N–H and O–H groups in total. The van der Waals surface area contributed by atoms with E-state index in [1.807, 2.05) is 6.92 Å². The number of aryl methyl sites for hydroxylation is 1. The van der Waals surface area contributed by atoms with Gasteiger partial charge in [0.2, 0.25) is 5.91 Å². The van der Waals surface area contributed by atoms with Crippen LogP contribution in [0.25, 0.3) is 0 Å². The fourth-order valence-corrected chi connectivity index (χ4v) is 3.52. The van der Waals surface area contributed by atoms with E-state index in [0.717, 1.165) is 12.8 Å². The summed E-state index contributed by atoms with van der Waals surface area (Å²) in [6.07, 6.45) is 1.85. The standard InChI is InChI=1S/C16H25NO2S/c1-5-10(2)16(4,19)9-17-15(18)13-8-12(13)14-7-6-11(3)20-14/h6-7,10,12-13,19H,5,8-9H2,1-4H3,(H,17,18). The highest BCUT2D eigenvalue weighted by atomic mass is 32.1. The predicted octanol–water partition coefficient (Wildman–Crippen LogP) is 3.07. The van der Waals surface area contributed by atoms with Crippen molar-refractivity contribution in [2.45, 2.75) is 52.1 Å². The Balaban J connectivity index is 1.83. The topological polar surface area (TPSA) is 49.3 Å². The molecule has 4 atom stereocenters. The fraction of sp³-hybridized carbons (Fsp3) is 0.688. The second-order valence-electron chi connectivity index (χ2n) is 6.28. The normalized spacial score (nSPS) is 25.9. The number of hydrogen-bond donors (Lipinski definition) is 2. The van der Waals surface area contributed by atoms with Crippen LogP contribution < -0.4 is 5.32 Å². The summed E-state index contributed by atoms with van der Waals surface area (Å²) in [5, 5.41) is 13.2. The number of rotatable bonds is 6. The SMILES string of the molecule is CCC(C)C(C)(O)CNC(=O)C1CC1c1ccc(C)s1. The monoisotopic (exact) mass is 295 g/mol. The Bertz CT molecular complexity index is 481. The summed E-state index contributed by atoms with van der Waals surface area (Å²) in [4.78, 5) is 14.7. The van der Waals surface area contributed by atoms with Gasteiger partial charge in [-0.15, -0.1) is 11.3 Å². The van der Waals surface area contributed by atoms with Crippen LogP contribution in [-0.2, 0) is 4.79 Å². The van der Waals surface area contributed by atoms with Gasteiger partial charge in [-0.3, -0.25) is 4.79 Å². The number of hydrogen-bond acceptors (Lipinski definition) is 3. The lowest BCUT2D eigenvalue weighted by atomic mass is 9.88. The number of aliphatic hydroxyl groups is 1. The molecule has 1 aromatic heterocycles. The van der Waals surface area contributed by atoms with Crippen molar-refractivity contribution < 1.29 is 9.90 Å². The molecule has 1 heterocycles. The third-order valence-corrected chi connectivity index (χ3v) is 5.68. The van der Waals surface area contributed by atoms with Gasteiger partial charge in [0, 0.05) is 28.1 Å². The van der Waals surface area contributed by atoms with E-state index in [9.17, 15) is 9.90 Å². The van der Waals surface area contributed by atoms with Crippen LogP contribution in [0.15, 0.2) is 12.1 Å². The molecule has 0 spiro atoms. The average molecular weight is 295 g/mol. The van der Waals surface area contributed by atoms with Crippen LogP contribution >= 0.6 is 11.3 Å². The average Bonchev–Trinajstić information content (AvgIpc) is 3.10. The van der Waals surface area contributed by atoms with Crippen LogP contribution in [-0.4, -0.2) is 23.2 Å². The van der Waals surface area contributed by atoms with E-state index in [1.165, 1.54) is 9.75 Å². The minimum atomic E-state index is -0.825. The van der Waals surface area contributed by atoms with Gasteiger partial charge in [0.15, 0.2) is 0 Å². The van der Waals surface area contributed by atoms with Crippen molar-refractivity contribution in [1.82, 2.24) is 5.32 Å². The molecule has 1 aromatic rings. The van der Waals surface area contributed by atoms with Gasteiger partial charge in [-0.25, -0.2) is 0 Å². The highest BCUT2D eigenvalue weighted by Gasteiger charge is 2.45. The maximum atomic E-state index is 12.1. The van der Waals surface area contributed by atoms with Crippen molar-refractivity contribution in [2.24, 2.45) is 11.8 Å². The quantitative estimate of drug-likeness (QED) is 0.847. The van der Waals surface area contributed by atoms with E-state index < -0.39 is 5.60 Å². The Labute approximate surface area is 125 Å². The second-order valence-corrected chi connectivity index (χ2v) is 7.60. The maximum absolute atomic E-state index is 12.1. The minimum Gasteiger partial charge on any atom is -0.388 e. The molecule has 112 valence electrons. The van der Waals surface area contributed by atoms with Crippen LogP contribution in [0.3, 0.4) is 0 Å². The van der Waals surface area contributed by atoms with Gasteiger partial charge >= 0.3 is 0 Å². The first kappa shape index (κ1) is 15.5. The Morgan fingerprint density at radius 2 is 2.30 bits per heavy atom. The van der Waals surface area contributed by atoms with Crippen LogP contribution in [0, 0.1) is 18.8 Å². The highest BCUT2D eigenvalue weighted by Crippen LogP contribution is 2.49. The molecule has 4 unspecified atom stereocenters. The van der Waals surface area contributed by atoms with Crippen molar-refractivity contribution >= 4 is 17.2 Å². The van der Waals surface area contributed by atoms with Crippen molar-refractivity contribution in [3.63, 3.8) is 0 Å². The summed E-state index contributed by atoms with van der Waals surface area (Å²) in [7, 11) is 0. The molecule has 1 aliphatic carbocycles. The molecule has 0 aromatic carbocycles. The van der Waals surface area contributed by atoms with E-state index in [4.69, 9.17) is 0 Å². The van der Waals surface area contributed by atoms with Gasteiger partial charge in [-0.1, -0.05) is 20.3 Å². The van der Waals surface area contributed by atoms with Crippen LogP contribution in [0.1, 0.15) is 49.3 Å². The van der Waals surface area contributed by atoms with Crippen LogP contribution in [0.2, 0.25) is 0 Å². The van der Waals surface area contributed by atoms with E-state index in [0.29, 0.717) is 12.5 Å². The molecule has 4 heteroatoms. The van der Waals surface area contributed by atoms with Crippen molar-refractivity contribution in [1.29, 1.82) is 0 Å². The van der Waals surface area contributed by atoms with E-state index in [1.54, 1.807) is 18.3 Å². The fourth-order valence-electron chi connectivity index (χ4n) is 2.46. The molecule has 0 aliphatic heterocycles. The number of carbonyl (C=O) groups excluding carboxylic acids is 1. The Morgan fingerprint density at radius 3 is 2.85 bits per heavy atom. The lowest BCUT2D eigenvalue weighted by molar-refractivity contribution is -0.124. The molecule has 0 bridgehead atoms. The zero-order chi connectivity index (χ0) is 14.9. The number of amides is 1. The molecule has 3 nitrogen and oxygen atoms in total. The Morgan fingerprint density at radius 1 is 1.60 bits per heavy atom. The maximum Gasteiger partial charge on any atom is 0.223 e. The largest absolute Gasteiger partial charge is 0.388 e. The zero-order valence-corrected chi connectivity index (χ0v) is 13.6. The smallest absolute Gasteiger partial charge is 0.223 e. The third-order valence-electron chi connectivity index (χ3n) is 4.55. The molecular formula is C16H25NO2S.